The Labute approximate surface area is 481 Å². The number of aryl methyl sites for hydroxylation is 1. The molecule has 18 nitrogen and oxygen atoms in total. The number of amides is 4. The van der Waals surface area contributed by atoms with Crippen molar-refractivity contribution in [2.24, 2.45) is 12.5 Å². The third-order valence-corrected chi connectivity index (χ3v) is 20.0. The number of nitrogens with zero attached hydrogens (tertiary/aromatic N) is 9. The summed E-state index contributed by atoms with van der Waals surface area (Å²) < 4.78 is 22.3. The number of fused-ring (bicyclic) bond motifs is 1. The van der Waals surface area contributed by atoms with Gasteiger partial charge in [-0.2, -0.15) is 10.1 Å². The molecule has 0 bridgehead atoms. The van der Waals surface area contributed by atoms with Gasteiger partial charge in [-0.1, -0.05) is 36.4 Å². The van der Waals surface area contributed by atoms with Crippen LogP contribution in [-0.4, -0.2) is 149 Å². The van der Waals surface area contributed by atoms with Crippen molar-refractivity contribution in [3.63, 3.8) is 0 Å². The zero-order chi connectivity index (χ0) is 56.2. The first-order valence-corrected chi connectivity index (χ1v) is 31.9. The van der Waals surface area contributed by atoms with E-state index in [1.807, 2.05) is 72.7 Å². The summed E-state index contributed by atoms with van der Waals surface area (Å²) in [5.74, 6) is -0.350. The summed E-state index contributed by atoms with van der Waals surface area (Å²) in [6, 6.07) is 26.0. The van der Waals surface area contributed by atoms with Crippen LogP contribution in [0.3, 0.4) is 0 Å². The van der Waals surface area contributed by atoms with Gasteiger partial charge in [-0.25, -0.2) is 4.98 Å². The number of carbonyl (C=O) groups is 4. The molecule has 2 aromatic heterocycles. The Morgan fingerprint density at radius 1 is 0.716 bits per heavy atom. The van der Waals surface area contributed by atoms with Gasteiger partial charge in [0, 0.05) is 105 Å². The van der Waals surface area contributed by atoms with Crippen LogP contribution < -0.4 is 35.8 Å². The molecule has 0 aliphatic carbocycles. The molecule has 20 heteroatoms. The number of halogens is 1. The molecule has 422 valence electrons. The highest BCUT2D eigenvalue weighted by Gasteiger charge is 2.46. The van der Waals surface area contributed by atoms with E-state index in [-0.39, 0.29) is 24.2 Å². The van der Waals surface area contributed by atoms with Gasteiger partial charge >= 0.3 is 0 Å². The molecule has 6 aliphatic heterocycles. The molecule has 1 unspecified atom stereocenters. The van der Waals surface area contributed by atoms with Gasteiger partial charge in [0.15, 0.2) is 0 Å². The molecule has 8 heterocycles. The Bertz CT molecular complexity index is 3460. The smallest absolute Gasteiger partial charge is 0.262 e. The maximum Gasteiger partial charge on any atom is 0.262 e. The van der Waals surface area contributed by atoms with Gasteiger partial charge in [0.25, 0.3) is 11.8 Å². The van der Waals surface area contributed by atoms with E-state index in [1.54, 1.807) is 32.7 Å². The lowest BCUT2D eigenvalue weighted by atomic mass is 9.72. The predicted molar refractivity (Wildman–Crippen MR) is 320 cm³/mol. The normalized spacial score (nSPS) is 20.5. The number of ether oxygens (including phenoxy) is 1. The van der Waals surface area contributed by atoms with Crippen LogP contribution in [-0.2, 0) is 21.2 Å². The Hall–Kier alpha value is -6.92. The number of aromatic nitrogens is 4. The average molecular weight is 1180 g/mol. The molecule has 3 N–H and O–H groups in total. The van der Waals surface area contributed by atoms with Crippen LogP contribution in [0.25, 0.3) is 22.3 Å². The number of benzene rings is 4. The highest BCUT2D eigenvalue weighted by atomic mass is 79.9. The molecule has 0 saturated carbocycles. The molecule has 0 radical (unpaired) electrons. The topological polar surface area (TPSA) is 190 Å². The summed E-state index contributed by atoms with van der Waals surface area (Å²) >= 11 is 3.66. The number of hydrogen-bond acceptors (Lipinski definition) is 15. The molecule has 5 fully saturated rings. The molecule has 4 amide bonds. The van der Waals surface area contributed by atoms with E-state index in [2.05, 4.69) is 85.8 Å². The summed E-state index contributed by atoms with van der Waals surface area (Å²) in [4.78, 5) is 72.4. The Kier molecular flexibility index (Phi) is 15.1. The fourth-order valence-corrected chi connectivity index (χ4v) is 14.9. The van der Waals surface area contributed by atoms with Crippen LogP contribution >= 0.6 is 23.1 Å². The third-order valence-electron chi connectivity index (χ3n) is 17.9. The molecule has 6 aliphatic rings. The van der Waals surface area contributed by atoms with Crippen LogP contribution in [0.5, 0.6) is 5.75 Å². The second kappa shape index (κ2) is 22.4. The van der Waals surface area contributed by atoms with Crippen molar-refractivity contribution in [3.05, 3.63) is 113 Å². The van der Waals surface area contributed by atoms with Crippen LogP contribution in [0, 0.1) is 5.41 Å². The lowest BCUT2D eigenvalue weighted by molar-refractivity contribution is -0.136. The van der Waals surface area contributed by atoms with E-state index in [0.29, 0.717) is 56.6 Å². The van der Waals surface area contributed by atoms with Gasteiger partial charge in [0.2, 0.25) is 17.8 Å². The number of piperidine rings is 5. The van der Waals surface area contributed by atoms with E-state index in [9.17, 15) is 23.7 Å². The van der Waals surface area contributed by atoms with Gasteiger partial charge in [-0.3, -0.25) is 39.0 Å². The summed E-state index contributed by atoms with van der Waals surface area (Å²) in [6.07, 6.45) is 15.0. The van der Waals surface area contributed by atoms with Crippen molar-refractivity contribution in [2.75, 3.05) is 93.2 Å². The number of likely N-dealkylation sites (tertiary alicyclic amines) is 2. The first-order chi connectivity index (χ1) is 39.1. The van der Waals surface area contributed by atoms with Crippen molar-refractivity contribution in [2.45, 2.75) is 82.3 Å². The van der Waals surface area contributed by atoms with Gasteiger partial charge in [-0.15, -0.1) is 0 Å². The maximum atomic E-state index is 13.7. The lowest BCUT2D eigenvalue weighted by Gasteiger charge is -2.51. The standard InChI is InChI=1S/C61H70BrN12O6P/c1-69-37-41(35-64-69)46-33-50(66-60-63-36-48(62)56(68-60)65-49-14-11-40(31-54(49)81(3,4)79)39-9-6-5-7-10-39)53(80-2)34-52(46)72-27-19-42(20-28-72)70-25-17-43(18-26-70)73-24-8-21-61(38-73)22-29-71(30-23-61)44-12-13-45-47(32-44)59(78)74(58(45)77)51-15-16-55(75)67-57(51)76/h5-7,9-14,31-37,42-43,51H,8,15-30,38H2,1-4H3,(H,67,75,76)(H2,63,65,66,68). The van der Waals surface area contributed by atoms with E-state index < -0.39 is 30.9 Å². The predicted octanol–water partition coefficient (Wildman–Crippen LogP) is 9.27. The van der Waals surface area contributed by atoms with Crippen molar-refractivity contribution < 1.29 is 28.5 Å². The van der Waals surface area contributed by atoms with Crippen molar-refractivity contribution in [1.29, 1.82) is 0 Å². The summed E-state index contributed by atoms with van der Waals surface area (Å²) in [5.41, 5.74) is 8.45. The van der Waals surface area contributed by atoms with E-state index in [0.717, 1.165) is 122 Å². The van der Waals surface area contributed by atoms with E-state index in [4.69, 9.17) is 9.72 Å². The second-order valence-corrected chi connectivity index (χ2v) is 27.3. The van der Waals surface area contributed by atoms with Gasteiger partial charge in [0.1, 0.15) is 24.8 Å². The lowest BCUT2D eigenvalue weighted by Crippen LogP contribution is -2.55. The largest absolute Gasteiger partial charge is 0.494 e. The highest BCUT2D eigenvalue weighted by Crippen LogP contribution is 2.46. The second-order valence-electron chi connectivity index (χ2n) is 23.3. The molecule has 12 rings (SSSR count). The van der Waals surface area contributed by atoms with Gasteiger partial charge in [0.05, 0.1) is 40.3 Å². The molecule has 81 heavy (non-hydrogen) atoms. The zero-order valence-electron chi connectivity index (χ0n) is 46.5. The molecular weight excluding hydrogens is 1110 g/mol. The van der Waals surface area contributed by atoms with Crippen LogP contribution in [0.2, 0.25) is 0 Å². The fourth-order valence-electron chi connectivity index (χ4n) is 13.5. The van der Waals surface area contributed by atoms with E-state index >= 15 is 0 Å². The summed E-state index contributed by atoms with van der Waals surface area (Å²) in [5, 5.41) is 14.5. The zero-order valence-corrected chi connectivity index (χ0v) is 49.0. The van der Waals surface area contributed by atoms with Gasteiger partial charge < -0.3 is 34.6 Å². The van der Waals surface area contributed by atoms with Crippen LogP contribution in [0.1, 0.15) is 84.9 Å². The SMILES string of the molecule is COc1cc(N2CCC(N3CCC(N4CCCC5(CCN(c6ccc7c(c6)C(=O)N(C6CCC(=O)NC6=O)C7=O)CC5)C4)CC3)CC2)c(-c2cnn(C)c2)cc1Nc1ncc(Br)c(Nc2ccc(-c3ccccc3)cc2P(C)(C)=O)n1. The maximum absolute atomic E-state index is 13.7. The number of imide groups is 2. The fraction of sp³-hybridized carbons (Fsp3) is 0.426. The molecule has 1 atom stereocenters. The Morgan fingerprint density at radius 3 is 2.17 bits per heavy atom. The minimum atomic E-state index is -2.71. The number of nitrogens with one attached hydrogen (secondary N) is 3. The highest BCUT2D eigenvalue weighted by molar-refractivity contribution is 9.10. The quantitative estimate of drug-likeness (QED) is 0.0732. The Balaban J connectivity index is 0.666. The number of rotatable bonds is 13. The van der Waals surface area contributed by atoms with Crippen molar-refractivity contribution >= 4 is 86.5 Å². The molecule has 1 spiro atoms. The number of anilines is 6. The number of methoxy groups -OCH3 is 1. The molecule has 5 saturated heterocycles. The van der Waals surface area contributed by atoms with Gasteiger partial charge in [-0.05, 0) is 160 Å². The average Bonchev–Trinajstić information content (AvgIpc) is 4.12. The van der Waals surface area contributed by atoms with Crippen molar-refractivity contribution in [3.8, 4) is 28.0 Å². The van der Waals surface area contributed by atoms with Crippen LogP contribution in [0.15, 0.2) is 102 Å². The summed E-state index contributed by atoms with van der Waals surface area (Å²) in [6.45, 7) is 11.7. The molecule has 6 aromatic rings. The van der Waals surface area contributed by atoms with Crippen molar-refractivity contribution in [1.82, 2.24) is 39.8 Å². The minimum Gasteiger partial charge on any atom is -0.494 e. The van der Waals surface area contributed by atoms with E-state index in [1.165, 1.54) is 25.7 Å². The summed E-state index contributed by atoms with van der Waals surface area (Å²) in [7, 11) is 0.913. The van der Waals surface area contributed by atoms with Crippen LogP contribution in [0.4, 0.5) is 34.5 Å². The number of carbonyl (C=O) groups excluding carboxylic acids is 4. The third kappa shape index (κ3) is 11.1. The number of hydrogen-bond donors (Lipinski definition) is 3. The monoisotopic (exact) mass is 1180 g/mol. The first kappa shape index (κ1) is 54.7. The molecular formula is C61H70BrN12O6P. The molecule has 4 aromatic carbocycles. The Morgan fingerprint density at radius 2 is 1.46 bits per heavy atom. The first-order valence-electron chi connectivity index (χ1n) is 28.5. The minimum absolute atomic E-state index is 0.0974.